The Bertz CT molecular complexity index is 369. The number of amides is 1. The van der Waals surface area contributed by atoms with Crippen LogP contribution in [0.3, 0.4) is 0 Å². The van der Waals surface area contributed by atoms with Crippen molar-refractivity contribution in [3.8, 4) is 0 Å². The maximum Gasteiger partial charge on any atom is 0.226 e. The summed E-state index contributed by atoms with van der Waals surface area (Å²) in [5, 5.41) is 2.76. The molecule has 1 amide bonds. The summed E-state index contributed by atoms with van der Waals surface area (Å²) in [5.74, 6) is -0.0765. The molecule has 0 aliphatic heterocycles. The van der Waals surface area contributed by atoms with Gasteiger partial charge in [0.25, 0.3) is 0 Å². The fraction of sp³-hybridized carbons (Fsp3) is 0.462. The molecule has 18 heavy (non-hydrogen) atoms. The number of anilines is 2. The fourth-order valence-electron chi connectivity index (χ4n) is 1.41. The van der Waals surface area contributed by atoms with Crippen molar-refractivity contribution < 1.29 is 14.3 Å². The van der Waals surface area contributed by atoms with Crippen LogP contribution in [0.5, 0.6) is 0 Å². The number of hydrogen-bond acceptors (Lipinski definition) is 4. The van der Waals surface area contributed by atoms with Crippen LogP contribution in [0.15, 0.2) is 24.3 Å². The third-order valence-electron chi connectivity index (χ3n) is 2.28. The van der Waals surface area contributed by atoms with Crippen molar-refractivity contribution in [2.75, 3.05) is 38.0 Å². The summed E-state index contributed by atoms with van der Waals surface area (Å²) < 4.78 is 10.2. The number of methoxy groups -OCH3 is 1. The first-order valence-corrected chi connectivity index (χ1v) is 5.94. The minimum atomic E-state index is -0.0765. The van der Waals surface area contributed by atoms with Crippen LogP contribution < -0.4 is 11.1 Å². The Labute approximate surface area is 107 Å². The predicted molar refractivity (Wildman–Crippen MR) is 71.4 cm³/mol. The third kappa shape index (κ3) is 6.22. The predicted octanol–water partition coefficient (Wildman–Crippen LogP) is 1.65. The molecule has 0 saturated carbocycles. The SMILES string of the molecule is COCCCOCCC(=O)Nc1cccc(N)c1. The lowest BCUT2D eigenvalue weighted by atomic mass is 10.3. The quantitative estimate of drug-likeness (QED) is 0.545. The van der Waals surface area contributed by atoms with Crippen molar-refractivity contribution in [1.29, 1.82) is 0 Å². The molecule has 0 atom stereocenters. The van der Waals surface area contributed by atoms with Gasteiger partial charge in [0.1, 0.15) is 0 Å². The van der Waals surface area contributed by atoms with Gasteiger partial charge in [-0.2, -0.15) is 0 Å². The van der Waals surface area contributed by atoms with Crippen molar-refractivity contribution in [1.82, 2.24) is 0 Å². The summed E-state index contributed by atoms with van der Waals surface area (Å²) in [6.45, 7) is 1.70. The highest BCUT2D eigenvalue weighted by Crippen LogP contribution is 2.11. The molecule has 1 aromatic carbocycles. The number of carbonyl (C=O) groups excluding carboxylic acids is 1. The molecule has 0 fully saturated rings. The van der Waals surface area contributed by atoms with Gasteiger partial charge in [-0.25, -0.2) is 0 Å². The first-order valence-electron chi connectivity index (χ1n) is 5.94. The molecule has 5 nitrogen and oxygen atoms in total. The molecule has 0 aliphatic rings. The second-order valence-electron chi connectivity index (χ2n) is 3.88. The summed E-state index contributed by atoms with van der Waals surface area (Å²) in [4.78, 5) is 11.6. The highest BCUT2D eigenvalue weighted by Gasteiger charge is 2.02. The Hall–Kier alpha value is -1.59. The van der Waals surface area contributed by atoms with Crippen LogP contribution in [0.4, 0.5) is 11.4 Å². The van der Waals surface area contributed by atoms with E-state index >= 15 is 0 Å². The molecular weight excluding hydrogens is 232 g/mol. The zero-order valence-corrected chi connectivity index (χ0v) is 10.6. The average molecular weight is 252 g/mol. The molecule has 0 spiro atoms. The zero-order valence-electron chi connectivity index (χ0n) is 10.6. The minimum Gasteiger partial charge on any atom is -0.399 e. The molecule has 0 heterocycles. The number of nitrogen functional groups attached to an aromatic ring is 1. The Kier molecular flexibility index (Phi) is 6.83. The Balaban J connectivity index is 2.14. The van der Waals surface area contributed by atoms with Crippen molar-refractivity contribution in [3.63, 3.8) is 0 Å². The molecule has 0 saturated heterocycles. The standard InChI is InChI=1S/C13H20N2O3/c1-17-7-3-8-18-9-6-13(16)15-12-5-2-4-11(14)10-12/h2,4-5,10H,3,6-9,14H2,1H3,(H,15,16). The van der Waals surface area contributed by atoms with Gasteiger partial charge >= 0.3 is 0 Å². The van der Waals surface area contributed by atoms with Gasteiger partial charge in [0.15, 0.2) is 0 Å². The smallest absolute Gasteiger partial charge is 0.226 e. The van der Waals surface area contributed by atoms with E-state index in [-0.39, 0.29) is 5.91 Å². The van der Waals surface area contributed by atoms with Gasteiger partial charge in [0, 0.05) is 31.7 Å². The van der Waals surface area contributed by atoms with E-state index in [0.717, 1.165) is 6.42 Å². The summed E-state index contributed by atoms with van der Waals surface area (Å²) >= 11 is 0. The van der Waals surface area contributed by atoms with E-state index in [9.17, 15) is 4.79 Å². The molecule has 0 radical (unpaired) electrons. The van der Waals surface area contributed by atoms with Crippen LogP contribution in [-0.4, -0.2) is 32.8 Å². The van der Waals surface area contributed by atoms with Crippen molar-refractivity contribution in [2.45, 2.75) is 12.8 Å². The van der Waals surface area contributed by atoms with Gasteiger partial charge in [-0.15, -0.1) is 0 Å². The molecule has 100 valence electrons. The molecule has 1 rings (SSSR count). The molecule has 0 bridgehead atoms. The maximum absolute atomic E-state index is 11.6. The third-order valence-corrected chi connectivity index (χ3v) is 2.28. The largest absolute Gasteiger partial charge is 0.399 e. The van der Waals surface area contributed by atoms with E-state index in [1.54, 1.807) is 31.4 Å². The van der Waals surface area contributed by atoms with Crippen LogP contribution in [0.25, 0.3) is 0 Å². The Morgan fingerprint density at radius 3 is 2.89 bits per heavy atom. The number of hydrogen-bond donors (Lipinski definition) is 2. The zero-order chi connectivity index (χ0) is 13.2. The van der Waals surface area contributed by atoms with E-state index < -0.39 is 0 Å². The lowest BCUT2D eigenvalue weighted by molar-refractivity contribution is -0.117. The molecule has 5 heteroatoms. The van der Waals surface area contributed by atoms with Crippen molar-refractivity contribution >= 4 is 17.3 Å². The van der Waals surface area contributed by atoms with E-state index in [1.165, 1.54) is 0 Å². The van der Waals surface area contributed by atoms with Crippen molar-refractivity contribution in [2.24, 2.45) is 0 Å². The Morgan fingerprint density at radius 2 is 2.17 bits per heavy atom. The minimum absolute atomic E-state index is 0.0765. The number of benzene rings is 1. The van der Waals surface area contributed by atoms with Gasteiger partial charge in [-0.3, -0.25) is 4.79 Å². The van der Waals surface area contributed by atoms with E-state index in [0.29, 0.717) is 37.6 Å². The van der Waals surface area contributed by atoms with Crippen LogP contribution in [0.1, 0.15) is 12.8 Å². The molecule has 0 aromatic heterocycles. The van der Waals surface area contributed by atoms with Gasteiger partial charge in [0.05, 0.1) is 13.0 Å². The van der Waals surface area contributed by atoms with Gasteiger partial charge in [0.2, 0.25) is 5.91 Å². The summed E-state index contributed by atoms with van der Waals surface area (Å²) in [5.41, 5.74) is 6.95. The average Bonchev–Trinajstić information content (AvgIpc) is 2.33. The number of ether oxygens (including phenoxy) is 2. The second kappa shape index (κ2) is 8.49. The highest BCUT2D eigenvalue weighted by atomic mass is 16.5. The molecule has 0 aliphatic carbocycles. The van der Waals surface area contributed by atoms with E-state index in [1.807, 2.05) is 0 Å². The first kappa shape index (κ1) is 14.5. The van der Waals surface area contributed by atoms with Crippen LogP contribution in [0.2, 0.25) is 0 Å². The van der Waals surface area contributed by atoms with Gasteiger partial charge in [-0.05, 0) is 24.6 Å². The van der Waals surface area contributed by atoms with Crippen LogP contribution in [0, 0.1) is 0 Å². The number of rotatable bonds is 8. The van der Waals surface area contributed by atoms with Crippen molar-refractivity contribution in [3.05, 3.63) is 24.3 Å². The van der Waals surface area contributed by atoms with Gasteiger partial charge in [-0.1, -0.05) is 6.07 Å². The molecule has 1 aromatic rings. The van der Waals surface area contributed by atoms with E-state index in [4.69, 9.17) is 15.2 Å². The first-order chi connectivity index (χ1) is 8.72. The molecule has 0 unspecified atom stereocenters. The molecule has 3 N–H and O–H groups in total. The number of carbonyl (C=O) groups is 1. The lowest BCUT2D eigenvalue weighted by Gasteiger charge is -2.06. The number of nitrogens with two attached hydrogens (primary N) is 1. The summed E-state index contributed by atoms with van der Waals surface area (Å²) in [7, 11) is 1.65. The maximum atomic E-state index is 11.6. The summed E-state index contributed by atoms with van der Waals surface area (Å²) in [6.07, 6.45) is 1.18. The van der Waals surface area contributed by atoms with E-state index in [2.05, 4.69) is 5.32 Å². The monoisotopic (exact) mass is 252 g/mol. The Morgan fingerprint density at radius 1 is 1.33 bits per heavy atom. The van der Waals surface area contributed by atoms with Gasteiger partial charge < -0.3 is 20.5 Å². The highest BCUT2D eigenvalue weighted by molar-refractivity contribution is 5.91. The second-order valence-corrected chi connectivity index (χ2v) is 3.88. The van der Waals surface area contributed by atoms with Crippen LogP contribution >= 0.6 is 0 Å². The molecular formula is C13H20N2O3. The fourth-order valence-corrected chi connectivity index (χ4v) is 1.41. The van der Waals surface area contributed by atoms with Crippen LogP contribution in [-0.2, 0) is 14.3 Å². The normalized spacial score (nSPS) is 10.3. The topological polar surface area (TPSA) is 73.6 Å². The lowest BCUT2D eigenvalue weighted by Crippen LogP contribution is -2.14. The number of nitrogens with one attached hydrogen (secondary N) is 1. The summed E-state index contributed by atoms with van der Waals surface area (Å²) in [6, 6.07) is 7.09.